The van der Waals surface area contributed by atoms with Crippen LogP contribution in [0.1, 0.15) is 21.5 Å². The van der Waals surface area contributed by atoms with Crippen molar-refractivity contribution in [2.75, 3.05) is 18.2 Å². The van der Waals surface area contributed by atoms with Gasteiger partial charge < -0.3 is 10.1 Å². The van der Waals surface area contributed by atoms with Crippen LogP contribution in [0.5, 0.6) is 0 Å². The fraction of sp³-hybridized carbons (Fsp3) is 0.182. The Hall–Kier alpha value is -3.39. The van der Waals surface area contributed by atoms with Gasteiger partial charge >= 0.3 is 5.97 Å². The van der Waals surface area contributed by atoms with E-state index in [1.807, 2.05) is 42.5 Å². The first-order chi connectivity index (χ1) is 14.5. The van der Waals surface area contributed by atoms with E-state index in [4.69, 9.17) is 4.74 Å². The van der Waals surface area contributed by atoms with Crippen LogP contribution in [0.3, 0.4) is 0 Å². The SMILES string of the molecule is COC(=O)c1ccc(C)c(NC(=O)CSc2nnc3cc(C)c4ccccc4n23)c1. The summed E-state index contributed by atoms with van der Waals surface area (Å²) in [6, 6.07) is 15.1. The maximum Gasteiger partial charge on any atom is 0.337 e. The zero-order valence-corrected chi connectivity index (χ0v) is 17.6. The number of methoxy groups -OCH3 is 1. The summed E-state index contributed by atoms with van der Waals surface area (Å²) in [6.07, 6.45) is 0. The second kappa shape index (κ2) is 8.16. The summed E-state index contributed by atoms with van der Waals surface area (Å²) in [6.45, 7) is 3.91. The highest BCUT2D eigenvalue weighted by molar-refractivity contribution is 7.99. The van der Waals surface area contributed by atoms with Gasteiger partial charge in [0, 0.05) is 11.1 Å². The third-order valence-corrected chi connectivity index (χ3v) is 5.77. The van der Waals surface area contributed by atoms with Gasteiger partial charge in [-0.2, -0.15) is 0 Å². The average Bonchev–Trinajstić information content (AvgIpc) is 3.16. The number of aromatic nitrogens is 3. The number of ether oxygens (including phenoxy) is 1. The summed E-state index contributed by atoms with van der Waals surface area (Å²) in [5.74, 6) is -0.486. The quantitative estimate of drug-likeness (QED) is 0.388. The zero-order valence-electron chi connectivity index (χ0n) is 16.8. The van der Waals surface area contributed by atoms with Crippen molar-refractivity contribution >= 4 is 45.9 Å². The second-order valence-electron chi connectivity index (χ2n) is 6.88. The molecule has 0 saturated carbocycles. The predicted molar refractivity (Wildman–Crippen MR) is 117 cm³/mol. The van der Waals surface area contributed by atoms with E-state index in [-0.39, 0.29) is 11.7 Å². The highest BCUT2D eigenvalue weighted by atomic mass is 32.2. The molecule has 2 aromatic heterocycles. The van der Waals surface area contributed by atoms with E-state index in [1.54, 1.807) is 18.2 Å². The van der Waals surface area contributed by atoms with Crippen LogP contribution in [0.2, 0.25) is 0 Å². The fourth-order valence-electron chi connectivity index (χ4n) is 3.29. The molecular weight excluding hydrogens is 400 g/mol. The lowest BCUT2D eigenvalue weighted by molar-refractivity contribution is -0.113. The molecule has 8 heteroatoms. The van der Waals surface area contributed by atoms with Gasteiger partial charge in [-0.05, 0) is 49.2 Å². The zero-order chi connectivity index (χ0) is 21.3. The molecule has 0 unspecified atom stereocenters. The minimum atomic E-state index is -0.447. The lowest BCUT2D eigenvalue weighted by atomic mass is 10.1. The summed E-state index contributed by atoms with van der Waals surface area (Å²) in [5.41, 5.74) is 4.70. The minimum absolute atomic E-state index is 0.158. The fourth-order valence-corrected chi connectivity index (χ4v) is 4.04. The largest absolute Gasteiger partial charge is 0.465 e. The number of hydrogen-bond acceptors (Lipinski definition) is 6. The summed E-state index contributed by atoms with van der Waals surface area (Å²) in [5, 5.41) is 13.1. The van der Waals surface area contributed by atoms with Crippen molar-refractivity contribution in [3.63, 3.8) is 0 Å². The Bertz CT molecular complexity index is 1280. The van der Waals surface area contributed by atoms with Gasteiger partial charge in [0.1, 0.15) is 0 Å². The molecule has 4 aromatic rings. The third-order valence-electron chi connectivity index (χ3n) is 4.84. The molecule has 1 N–H and O–H groups in total. The number of pyridine rings is 1. The van der Waals surface area contributed by atoms with Crippen molar-refractivity contribution in [1.29, 1.82) is 0 Å². The number of anilines is 1. The first-order valence-electron chi connectivity index (χ1n) is 9.33. The molecule has 0 atom stereocenters. The van der Waals surface area contributed by atoms with Gasteiger partial charge in [-0.15, -0.1) is 10.2 Å². The van der Waals surface area contributed by atoms with E-state index in [0.29, 0.717) is 16.4 Å². The number of benzene rings is 2. The van der Waals surface area contributed by atoms with Crippen molar-refractivity contribution in [3.05, 3.63) is 65.2 Å². The number of hydrogen-bond donors (Lipinski definition) is 1. The van der Waals surface area contributed by atoms with Gasteiger partial charge in [-0.3, -0.25) is 9.20 Å². The summed E-state index contributed by atoms with van der Waals surface area (Å²) < 4.78 is 6.70. The van der Waals surface area contributed by atoms with Gasteiger partial charge in [-0.1, -0.05) is 36.0 Å². The molecule has 0 spiro atoms. The van der Waals surface area contributed by atoms with Crippen LogP contribution in [-0.2, 0) is 9.53 Å². The van der Waals surface area contributed by atoms with Crippen LogP contribution in [0.15, 0.2) is 53.7 Å². The molecule has 0 bridgehead atoms. The highest BCUT2D eigenvalue weighted by Gasteiger charge is 2.14. The molecule has 1 amide bonds. The molecule has 4 rings (SSSR count). The van der Waals surface area contributed by atoms with E-state index in [0.717, 1.165) is 27.7 Å². The Morgan fingerprint density at radius 3 is 2.67 bits per heavy atom. The molecule has 0 saturated heterocycles. The van der Waals surface area contributed by atoms with Gasteiger partial charge in [-0.25, -0.2) is 4.79 Å². The van der Waals surface area contributed by atoms with Crippen molar-refractivity contribution in [2.45, 2.75) is 19.0 Å². The lowest BCUT2D eigenvalue weighted by Gasteiger charge is -2.10. The molecule has 0 radical (unpaired) electrons. The molecule has 0 aliphatic heterocycles. The summed E-state index contributed by atoms with van der Waals surface area (Å²) in [7, 11) is 1.32. The van der Waals surface area contributed by atoms with E-state index in [9.17, 15) is 9.59 Å². The van der Waals surface area contributed by atoms with Crippen LogP contribution in [0, 0.1) is 13.8 Å². The van der Waals surface area contributed by atoms with Crippen LogP contribution in [0.25, 0.3) is 16.6 Å². The number of rotatable bonds is 5. The topological polar surface area (TPSA) is 85.6 Å². The number of para-hydroxylation sites is 1. The molecular formula is C22H20N4O3S. The van der Waals surface area contributed by atoms with Crippen molar-refractivity contribution in [3.8, 4) is 0 Å². The molecule has 0 aliphatic carbocycles. The maximum absolute atomic E-state index is 12.6. The van der Waals surface area contributed by atoms with Gasteiger partial charge in [0.15, 0.2) is 10.8 Å². The average molecular weight is 420 g/mol. The van der Waals surface area contributed by atoms with Gasteiger partial charge in [0.05, 0.1) is 23.9 Å². The molecule has 0 fully saturated rings. The number of amides is 1. The summed E-state index contributed by atoms with van der Waals surface area (Å²) >= 11 is 1.31. The number of aryl methyl sites for hydroxylation is 2. The monoisotopic (exact) mass is 420 g/mol. The first-order valence-corrected chi connectivity index (χ1v) is 10.3. The Morgan fingerprint density at radius 2 is 1.87 bits per heavy atom. The number of nitrogens with one attached hydrogen (secondary N) is 1. The third kappa shape index (κ3) is 3.73. The second-order valence-corrected chi connectivity index (χ2v) is 7.82. The van der Waals surface area contributed by atoms with Gasteiger partial charge in [0.2, 0.25) is 5.91 Å². The van der Waals surface area contributed by atoms with Crippen LogP contribution < -0.4 is 5.32 Å². The minimum Gasteiger partial charge on any atom is -0.465 e. The predicted octanol–water partition coefficient (Wildman–Crippen LogP) is 4.02. The van der Waals surface area contributed by atoms with Crippen LogP contribution >= 0.6 is 11.8 Å². The molecule has 152 valence electrons. The molecule has 0 aliphatic rings. The Morgan fingerprint density at radius 1 is 1.07 bits per heavy atom. The van der Waals surface area contributed by atoms with E-state index < -0.39 is 5.97 Å². The molecule has 30 heavy (non-hydrogen) atoms. The van der Waals surface area contributed by atoms with E-state index in [2.05, 4.69) is 21.6 Å². The lowest BCUT2D eigenvalue weighted by Crippen LogP contribution is -2.16. The van der Waals surface area contributed by atoms with Crippen molar-refractivity contribution in [2.24, 2.45) is 0 Å². The van der Waals surface area contributed by atoms with Crippen molar-refractivity contribution in [1.82, 2.24) is 14.6 Å². The first kappa shape index (κ1) is 19.9. The highest BCUT2D eigenvalue weighted by Crippen LogP contribution is 2.26. The Balaban J connectivity index is 1.55. The maximum atomic E-state index is 12.6. The van der Waals surface area contributed by atoms with Gasteiger partial charge in [0.25, 0.3) is 0 Å². The molecule has 2 heterocycles. The van der Waals surface area contributed by atoms with Crippen LogP contribution in [0.4, 0.5) is 5.69 Å². The number of carbonyl (C=O) groups is 2. The molecule has 2 aromatic carbocycles. The van der Waals surface area contributed by atoms with E-state index in [1.165, 1.54) is 18.9 Å². The smallest absolute Gasteiger partial charge is 0.337 e. The summed E-state index contributed by atoms with van der Waals surface area (Å²) in [4.78, 5) is 24.3. The van der Waals surface area contributed by atoms with Crippen LogP contribution in [-0.4, -0.2) is 39.3 Å². The number of thioether (sulfide) groups is 1. The number of esters is 1. The van der Waals surface area contributed by atoms with E-state index >= 15 is 0 Å². The number of carbonyl (C=O) groups excluding carboxylic acids is 2. The van der Waals surface area contributed by atoms with Crippen molar-refractivity contribution < 1.29 is 14.3 Å². The Labute approximate surface area is 177 Å². The molecule has 7 nitrogen and oxygen atoms in total. The number of fused-ring (bicyclic) bond motifs is 3. The number of nitrogens with zero attached hydrogens (tertiary/aromatic N) is 3. The standard InChI is InChI=1S/C22H20N4O3S/c1-13-8-9-15(21(28)29-3)11-17(13)23-20(27)12-30-22-25-24-19-10-14(2)16-6-4-5-7-18(16)26(19)22/h4-11H,12H2,1-3H3,(H,23,27). The normalized spacial score (nSPS) is 11.0. The Kier molecular flexibility index (Phi) is 5.41.